The first-order chi connectivity index (χ1) is 18.4. The van der Waals surface area contributed by atoms with E-state index in [1.165, 1.54) is 18.4 Å². The molecule has 2 aromatic rings. The Kier molecular flexibility index (Phi) is 10.3. The lowest BCUT2D eigenvalue weighted by atomic mass is 9.81. The number of methoxy groups -OCH3 is 1. The van der Waals surface area contributed by atoms with Crippen molar-refractivity contribution in [2.24, 2.45) is 11.8 Å². The number of nitrogens with one attached hydrogen (secondary N) is 2. The molecule has 1 aliphatic rings. The van der Waals surface area contributed by atoms with Gasteiger partial charge in [-0.3, -0.25) is 9.59 Å². The molecule has 2 atom stereocenters. The van der Waals surface area contributed by atoms with Gasteiger partial charge in [0.2, 0.25) is 5.91 Å². The van der Waals surface area contributed by atoms with Crippen molar-refractivity contribution in [1.29, 1.82) is 0 Å². The molecule has 39 heavy (non-hydrogen) atoms. The average Bonchev–Trinajstić information content (AvgIpc) is 3.26. The minimum atomic E-state index is -0.674. The molecule has 214 valence electrons. The lowest BCUT2D eigenvalue weighted by Crippen LogP contribution is -2.52. The molecular weight excluding hydrogens is 518 g/mol. The summed E-state index contributed by atoms with van der Waals surface area (Å²) in [4.78, 5) is 50.7. The molecule has 3 heterocycles. The molecule has 0 spiro atoms. The predicted octanol–water partition coefficient (Wildman–Crippen LogP) is 5.02. The number of hydrogen-bond donors (Lipinski definition) is 2. The van der Waals surface area contributed by atoms with Gasteiger partial charge in [-0.15, -0.1) is 11.3 Å². The van der Waals surface area contributed by atoms with E-state index in [9.17, 15) is 14.4 Å². The van der Waals surface area contributed by atoms with Crippen LogP contribution in [0, 0.1) is 18.8 Å². The Labute approximate surface area is 234 Å². The van der Waals surface area contributed by atoms with Crippen LogP contribution in [0.1, 0.15) is 70.4 Å². The number of ether oxygens (including phenoxy) is 2. The summed E-state index contributed by atoms with van der Waals surface area (Å²) in [6, 6.07) is 4.86. The number of nitrogens with zero attached hydrogens (tertiary/aromatic N) is 3. The Bertz CT molecular complexity index is 1140. The second kappa shape index (κ2) is 13.2. The zero-order chi connectivity index (χ0) is 28.7. The van der Waals surface area contributed by atoms with E-state index in [4.69, 9.17) is 14.5 Å². The standard InChI is InChI=1S/C28H41N5O5S/c1-17(2)15-21(31-27(36)38-28(4,5)6)24(34)33-13-11-19(12-14-33)23(25(35)37-7)20-9-8-10-22(30-20)32-26-29-16-18(3)39-26/h8-10,16-17,19,21,23H,11-15H2,1-7H3,(H,31,36)(H,29,30,32)/t21-,23?/m0/s1. The predicted molar refractivity (Wildman–Crippen MR) is 151 cm³/mol. The number of thiazole rings is 1. The van der Waals surface area contributed by atoms with E-state index in [-0.39, 0.29) is 23.7 Å². The van der Waals surface area contributed by atoms with E-state index in [0.29, 0.717) is 43.9 Å². The molecule has 1 fully saturated rings. The van der Waals surface area contributed by atoms with Crippen molar-refractivity contribution in [3.8, 4) is 0 Å². The molecule has 2 N–H and O–H groups in total. The van der Waals surface area contributed by atoms with Crippen LogP contribution in [0.25, 0.3) is 0 Å². The molecule has 0 saturated carbocycles. The Hall–Kier alpha value is -3.21. The van der Waals surface area contributed by atoms with Crippen LogP contribution in [0.3, 0.4) is 0 Å². The Balaban J connectivity index is 1.70. The maximum atomic E-state index is 13.4. The number of esters is 1. The second-order valence-corrected chi connectivity index (χ2v) is 12.6. The van der Waals surface area contributed by atoms with Crippen molar-refractivity contribution in [1.82, 2.24) is 20.2 Å². The number of piperidine rings is 1. The van der Waals surface area contributed by atoms with E-state index in [0.717, 1.165) is 10.0 Å². The van der Waals surface area contributed by atoms with E-state index < -0.39 is 23.7 Å². The van der Waals surface area contributed by atoms with Gasteiger partial charge >= 0.3 is 12.1 Å². The lowest BCUT2D eigenvalue weighted by Gasteiger charge is -2.37. The highest BCUT2D eigenvalue weighted by molar-refractivity contribution is 7.15. The maximum absolute atomic E-state index is 13.4. The lowest BCUT2D eigenvalue weighted by molar-refractivity contribution is -0.144. The number of carbonyl (C=O) groups excluding carboxylic acids is 3. The molecule has 1 saturated heterocycles. The number of amides is 2. The highest BCUT2D eigenvalue weighted by Gasteiger charge is 2.37. The fraction of sp³-hybridized carbons (Fsp3) is 0.607. The molecule has 1 unspecified atom stereocenters. The molecule has 0 radical (unpaired) electrons. The zero-order valence-corrected chi connectivity index (χ0v) is 24.8. The van der Waals surface area contributed by atoms with Gasteiger partial charge in [0, 0.05) is 24.2 Å². The molecule has 10 nitrogen and oxygen atoms in total. The van der Waals surface area contributed by atoms with Crippen LogP contribution < -0.4 is 10.6 Å². The highest BCUT2D eigenvalue weighted by atomic mass is 32.1. The number of alkyl carbamates (subject to hydrolysis) is 1. The minimum Gasteiger partial charge on any atom is -0.468 e. The molecule has 1 aliphatic heterocycles. The van der Waals surface area contributed by atoms with Gasteiger partial charge in [0.1, 0.15) is 23.4 Å². The quantitative estimate of drug-likeness (QED) is 0.411. The average molecular weight is 560 g/mol. The van der Waals surface area contributed by atoms with E-state index in [2.05, 4.69) is 15.6 Å². The third-order valence-electron chi connectivity index (χ3n) is 6.42. The molecule has 2 amide bonds. The van der Waals surface area contributed by atoms with Crippen molar-refractivity contribution in [3.63, 3.8) is 0 Å². The van der Waals surface area contributed by atoms with Crippen LogP contribution in [0.2, 0.25) is 0 Å². The third-order valence-corrected chi connectivity index (χ3v) is 7.25. The summed E-state index contributed by atoms with van der Waals surface area (Å²) >= 11 is 1.53. The van der Waals surface area contributed by atoms with Gasteiger partial charge in [-0.1, -0.05) is 19.9 Å². The number of pyridine rings is 1. The van der Waals surface area contributed by atoms with Gasteiger partial charge in [0.15, 0.2) is 5.13 Å². The van der Waals surface area contributed by atoms with Gasteiger partial charge in [-0.05, 0) is 70.9 Å². The zero-order valence-electron chi connectivity index (χ0n) is 23.9. The fourth-order valence-electron chi connectivity index (χ4n) is 4.71. The number of likely N-dealkylation sites (tertiary alicyclic amines) is 1. The number of rotatable bonds is 9. The van der Waals surface area contributed by atoms with Crippen molar-refractivity contribution in [2.75, 3.05) is 25.5 Å². The molecule has 0 aliphatic carbocycles. The Morgan fingerprint density at radius 2 is 1.87 bits per heavy atom. The summed E-state index contributed by atoms with van der Waals surface area (Å²) in [7, 11) is 1.38. The second-order valence-electron chi connectivity index (χ2n) is 11.3. The highest BCUT2D eigenvalue weighted by Crippen LogP contribution is 2.34. The van der Waals surface area contributed by atoms with E-state index in [1.54, 1.807) is 31.9 Å². The van der Waals surface area contributed by atoms with Crippen LogP contribution in [-0.4, -0.2) is 64.7 Å². The third kappa shape index (κ3) is 8.91. The normalized spacial score (nSPS) is 15.9. The first-order valence-corrected chi connectivity index (χ1v) is 14.2. The summed E-state index contributed by atoms with van der Waals surface area (Å²) in [6.07, 6.45) is 2.91. The Morgan fingerprint density at radius 1 is 1.18 bits per heavy atom. The summed E-state index contributed by atoms with van der Waals surface area (Å²) in [5.74, 6) is -0.278. The summed E-state index contributed by atoms with van der Waals surface area (Å²) < 4.78 is 10.6. The summed E-state index contributed by atoms with van der Waals surface area (Å²) in [5, 5.41) is 6.71. The van der Waals surface area contributed by atoms with Gasteiger partial charge < -0.3 is 25.0 Å². The SMILES string of the molecule is COC(=O)C(c1cccc(Nc2ncc(C)s2)n1)C1CCN(C(=O)[C@H](CC(C)C)NC(=O)OC(C)(C)C)CC1. The fourth-order valence-corrected chi connectivity index (χ4v) is 5.39. The Morgan fingerprint density at radius 3 is 2.44 bits per heavy atom. The van der Waals surface area contributed by atoms with Crippen LogP contribution in [0.4, 0.5) is 15.7 Å². The van der Waals surface area contributed by atoms with Crippen molar-refractivity contribution < 1.29 is 23.9 Å². The molecule has 0 bridgehead atoms. The first-order valence-electron chi connectivity index (χ1n) is 13.4. The molecule has 2 aromatic heterocycles. The van der Waals surface area contributed by atoms with E-state index in [1.807, 2.05) is 39.0 Å². The monoisotopic (exact) mass is 559 g/mol. The smallest absolute Gasteiger partial charge is 0.408 e. The largest absolute Gasteiger partial charge is 0.468 e. The summed E-state index contributed by atoms with van der Waals surface area (Å²) in [5.41, 5.74) is -0.0363. The van der Waals surface area contributed by atoms with Gasteiger partial charge in [0.25, 0.3) is 0 Å². The van der Waals surface area contributed by atoms with Crippen LogP contribution >= 0.6 is 11.3 Å². The molecular formula is C28H41N5O5S. The number of aromatic nitrogens is 2. The maximum Gasteiger partial charge on any atom is 0.408 e. The topological polar surface area (TPSA) is 123 Å². The number of aryl methyl sites for hydroxylation is 1. The molecule has 3 rings (SSSR count). The molecule has 0 aromatic carbocycles. The van der Waals surface area contributed by atoms with Crippen molar-refractivity contribution in [2.45, 2.75) is 78.4 Å². The van der Waals surface area contributed by atoms with Gasteiger partial charge in [0.05, 0.1) is 12.8 Å². The van der Waals surface area contributed by atoms with Crippen molar-refractivity contribution >= 4 is 40.3 Å². The van der Waals surface area contributed by atoms with Crippen LogP contribution in [0.5, 0.6) is 0 Å². The van der Waals surface area contributed by atoms with Crippen LogP contribution in [0.15, 0.2) is 24.4 Å². The first kappa shape index (κ1) is 30.3. The minimum absolute atomic E-state index is 0.0475. The molecule has 11 heteroatoms. The number of anilines is 2. The number of carbonyl (C=O) groups is 3. The number of hydrogen-bond acceptors (Lipinski definition) is 9. The van der Waals surface area contributed by atoms with Gasteiger partial charge in [-0.2, -0.15) is 0 Å². The van der Waals surface area contributed by atoms with Gasteiger partial charge in [-0.25, -0.2) is 14.8 Å². The van der Waals surface area contributed by atoms with Crippen LogP contribution in [-0.2, 0) is 19.1 Å². The van der Waals surface area contributed by atoms with Crippen molar-refractivity contribution in [3.05, 3.63) is 35.0 Å². The van der Waals surface area contributed by atoms with E-state index >= 15 is 0 Å². The summed E-state index contributed by atoms with van der Waals surface area (Å²) in [6.45, 7) is 12.3.